The van der Waals surface area contributed by atoms with Gasteiger partial charge in [-0.3, -0.25) is 19.1 Å². The summed E-state index contributed by atoms with van der Waals surface area (Å²) in [4.78, 5) is 30.0. The molecule has 0 N–H and O–H groups in total. The molecule has 0 aromatic carbocycles. The maximum Gasteiger partial charge on any atom is 0.270 e. The lowest BCUT2D eigenvalue weighted by Crippen LogP contribution is -2.39. The van der Waals surface area contributed by atoms with E-state index < -0.39 is 0 Å². The molecule has 2 fully saturated rings. The number of thiocarbonyl (C=S) groups is 1. The van der Waals surface area contributed by atoms with Gasteiger partial charge >= 0.3 is 0 Å². The molecule has 6 nitrogen and oxygen atoms in total. The fourth-order valence-corrected chi connectivity index (χ4v) is 5.31. The van der Waals surface area contributed by atoms with Gasteiger partial charge in [-0.1, -0.05) is 37.8 Å². The van der Waals surface area contributed by atoms with Crippen LogP contribution >= 0.6 is 24.0 Å². The predicted molar refractivity (Wildman–Crippen MR) is 122 cm³/mol. The zero-order valence-corrected chi connectivity index (χ0v) is 19.0. The van der Waals surface area contributed by atoms with Gasteiger partial charge in [-0.05, 0) is 43.7 Å². The van der Waals surface area contributed by atoms with Gasteiger partial charge in [-0.2, -0.15) is 5.26 Å². The zero-order valence-electron chi connectivity index (χ0n) is 17.3. The number of amides is 1. The van der Waals surface area contributed by atoms with Crippen molar-refractivity contribution in [1.29, 1.82) is 5.26 Å². The molecule has 1 atom stereocenters. The average Bonchev–Trinajstić information content (AvgIpc) is 2.94. The molecule has 2 saturated heterocycles. The van der Waals surface area contributed by atoms with E-state index in [0.717, 1.165) is 43.7 Å². The number of nitrogens with zero attached hydrogens (tertiary/aromatic N) is 4. The smallest absolute Gasteiger partial charge is 0.270 e. The highest BCUT2D eigenvalue weighted by Gasteiger charge is 2.32. The van der Waals surface area contributed by atoms with Crippen molar-refractivity contribution < 1.29 is 4.79 Å². The minimum Gasteiger partial charge on any atom is -0.357 e. The van der Waals surface area contributed by atoms with Crippen LogP contribution in [0.4, 0.5) is 5.82 Å². The third-order valence-electron chi connectivity index (χ3n) is 5.52. The summed E-state index contributed by atoms with van der Waals surface area (Å²) in [7, 11) is 1.71. The topological polar surface area (TPSA) is 69.3 Å². The molecule has 3 heterocycles. The zero-order chi connectivity index (χ0) is 21.3. The van der Waals surface area contributed by atoms with E-state index in [1.165, 1.54) is 11.8 Å². The number of hydrogen-bond donors (Lipinski definition) is 0. The van der Waals surface area contributed by atoms with E-state index in [0.29, 0.717) is 27.3 Å². The van der Waals surface area contributed by atoms with Crippen molar-refractivity contribution in [1.82, 2.24) is 9.47 Å². The van der Waals surface area contributed by atoms with Crippen molar-refractivity contribution in [2.75, 3.05) is 24.5 Å². The number of anilines is 1. The fraction of sp³-hybridized carbons (Fsp3) is 0.524. The van der Waals surface area contributed by atoms with Crippen LogP contribution in [-0.4, -0.2) is 39.3 Å². The molecule has 8 heteroatoms. The summed E-state index contributed by atoms with van der Waals surface area (Å²) in [6, 6.07) is 2.05. The number of pyridine rings is 1. The van der Waals surface area contributed by atoms with Crippen molar-refractivity contribution in [3.8, 4) is 6.07 Å². The highest BCUT2D eigenvalue weighted by Crippen LogP contribution is 2.36. The molecule has 0 spiro atoms. The van der Waals surface area contributed by atoms with Crippen molar-refractivity contribution in [3.63, 3.8) is 0 Å². The maximum absolute atomic E-state index is 12.9. The Labute approximate surface area is 181 Å². The Morgan fingerprint density at radius 1 is 1.38 bits per heavy atom. The Morgan fingerprint density at radius 2 is 2.10 bits per heavy atom. The number of nitriles is 1. The first kappa shape index (κ1) is 21.6. The van der Waals surface area contributed by atoms with Gasteiger partial charge in [-0.25, -0.2) is 0 Å². The number of aromatic nitrogens is 1. The normalized spacial score (nSPS) is 21.2. The van der Waals surface area contributed by atoms with Crippen LogP contribution in [0.15, 0.2) is 9.70 Å². The van der Waals surface area contributed by atoms with Crippen molar-refractivity contribution in [2.45, 2.75) is 40.0 Å². The van der Waals surface area contributed by atoms with Crippen LogP contribution in [-0.2, 0) is 11.8 Å². The molecule has 2 aliphatic rings. The number of rotatable bonds is 4. The number of carbonyl (C=O) groups is 1. The molecule has 0 saturated carbocycles. The minimum atomic E-state index is -0.297. The number of hydrogen-bond acceptors (Lipinski definition) is 6. The summed E-state index contributed by atoms with van der Waals surface area (Å²) in [5, 5.41) is 9.56. The first-order valence-electron chi connectivity index (χ1n) is 9.94. The average molecular weight is 431 g/mol. The fourth-order valence-electron chi connectivity index (χ4n) is 4.02. The first-order chi connectivity index (χ1) is 13.8. The van der Waals surface area contributed by atoms with E-state index in [1.807, 2.05) is 19.1 Å². The van der Waals surface area contributed by atoms with Gasteiger partial charge in [-0.15, -0.1) is 0 Å². The lowest BCUT2D eigenvalue weighted by molar-refractivity contribution is -0.122. The van der Waals surface area contributed by atoms with Crippen LogP contribution in [0.2, 0.25) is 0 Å². The highest BCUT2D eigenvalue weighted by molar-refractivity contribution is 8.26. The largest absolute Gasteiger partial charge is 0.357 e. The predicted octanol–water partition coefficient (Wildman–Crippen LogP) is 3.41. The Bertz CT molecular complexity index is 990. The molecule has 29 heavy (non-hydrogen) atoms. The van der Waals surface area contributed by atoms with Gasteiger partial charge in [0.1, 0.15) is 21.8 Å². The van der Waals surface area contributed by atoms with Crippen LogP contribution in [0.1, 0.15) is 49.8 Å². The van der Waals surface area contributed by atoms with E-state index in [-0.39, 0.29) is 17.0 Å². The molecule has 3 rings (SSSR count). The Hall–Kier alpha value is -2.11. The quantitative estimate of drug-likeness (QED) is 0.539. The van der Waals surface area contributed by atoms with Crippen LogP contribution in [0.5, 0.6) is 0 Å². The summed E-state index contributed by atoms with van der Waals surface area (Å²) in [6.07, 6.45) is 4.85. The second kappa shape index (κ2) is 8.72. The van der Waals surface area contributed by atoms with Gasteiger partial charge in [0, 0.05) is 32.2 Å². The number of carbonyl (C=O) groups excluding carboxylic acids is 1. The third kappa shape index (κ3) is 3.99. The van der Waals surface area contributed by atoms with E-state index in [1.54, 1.807) is 23.4 Å². The molecule has 0 aliphatic carbocycles. The van der Waals surface area contributed by atoms with Gasteiger partial charge in [0.2, 0.25) is 0 Å². The molecule has 1 aromatic heterocycles. The van der Waals surface area contributed by atoms with Crippen LogP contribution < -0.4 is 10.5 Å². The lowest BCUT2D eigenvalue weighted by atomic mass is 9.98. The van der Waals surface area contributed by atoms with Crippen LogP contribution in [0.3, 0.4) is 0 Å². The van der Waals surface area contributed by atoms with E-state index >= 15 is 0 Å². The second-order valence-electron chi connectivity index (χ2n) is 7.74. The summed E-state index contributed by atoms with van der Waals surface area (Å²) in [5.74, 6) is 1.19. The molecule has 0 radical (unpaired) electrons. The van der Waals surface area contributed by atoms with Crippen molar-refractivity contribution >= 4 is 46.1 Å². The molecular formula is C21H26N4O2S2. The van der Waals surface area contributed by atoms with Crippen LogP contribution in [0, 0.1) is 24.2 Å². The standard InChI is InChI=1S/C21H26N4O2S2/c1-5-8-25-20(27)17(29-21(25)28)10-15-14(3)16(11-22)19(26)23(4)18(15)24-9-6-7-13(2)12-24/h10,13H,5-9,12H2,1-4H3/b17-10-. The minimum absolute atomic E-state index is 0.105. The van der Waals surface area contributed by atoms with E-state index in [2.05, 4.69) is 11.8 Å². The molecule has 0 bridgehead atoms. The Balaban J connectivity index is 2.18. The second-order valence-corrected chi connectivity index (χ2v) is 9.42. The van der Waals surface area contributed by atoms with E-state index in [4.69, 9.17) is 12.2 Å². The Morgan fingerprint density at radius 3 is 2.72 bits per heavy atom. The van der Waals surface area contributed by atoms with E-state index in [9.17, 15) is 14.9 Å². The Kier molecular flexibility index (Phi) is 6.49. The number of thioether (sulfide) groups is 1. The molecule has 154 valence electrons. The molecule has 2 aliphatic heterocycles. The van der Waals surface area contributed by atoms with Crippen molar-refractivity contribution in [2.24, 2.45) is 13.0 Å². The van der Waals surface area contributed by atoms with Gasteiger partial charge < -0.3 is 4.90 Å². The van der Waals surface area contributed by atoms with Crippen molar-refractivity contribution in [3.05, 3.63) is 31.9 Å². The molecule has 1 unspecified atom stereocenters. The van der Waals surface area contributed by atoms with Gasteiger partial charge in [0.05, 0.1) is 4.91 Å². The lowest BCUT2D eigenvalue weighted by Gasteiger charge is -2.35. The summed E-state index contributed by atoms with van der Waals surface area (Å²) >= 11 is 6.67. The SMILES string of the molecule is CCCN1C(=O)/C(=C/c2c(C)c(C#N)c(=O)n(C)c2N2CCCC(C)C2)SC1=S. The maximum atomic E-state index is 12.9. The first-order valence-corrected chi connectivity index (χ1v) is 11.2. The van der Waals surface area contributed by atoms with Gasteiger partial charge in [0.25, 0.3) is 11.5 Å². The summed E-state index contributed by atoms with van der Waals surface area (Å²) in [6.45, 7) is 8.28. The highest BCUT2D eigenvalue weighted by atomic mass is 32.2. The van der Waals surface area contributed by atoms with Crippen LogP contribution in [0.25, 0.3) is 6.08 Å². The summed E-state index contributed by atoms with van der Waals surface area (Å²) in [5.41, 5.74) is 1.20. The number of piperidine rings is 1. The molecular weight excluding hydrogens is 404 g/mol. The summed E-state index contributed by atoms with van der Waals surface area (Å²) < 4.78 is 2.11. The third-order valence-corrected chi connectivity index (χ3v) is 6.90. The monoisotopic (exact) mass is 430 g/mol. The molecule has 1 aromatic rings. The molecule has 1 amide bonds. The van der Waals surface area contributed by atoms with Gasteiger partial charge in [0.15, 0.2) is 0 Å².